The number of carbonyl (C=O) groups is 2. The van der Waals surface area contributed by atoms with Crippen molar-refractivity contribution in [3.8, 4) is 0 Å². The maximum absolute atomic E-state index is 12.9. The molecule has 3 rings (SSSR count). The highest BCUT2D eigenvalue weighted by molar-refractivity contribution is 7.10. The molecule has 7 heteroatoms. The van der Waals surface area contributed by atoms with E-state index >= 15 is 0 Å². The Morgan fingerprint density at radius 1 is 1.19 bits per heavy atom. The number of carbonyl (C=O) groups excluding carboxylic acids is 2. The second kappa shape index (κ2) is 8.33. The highest BCUT2D eigenvalue weighted by atomic mass is 32.1. The van der Waals surface area contributed by atoms with E-state index in [1.54, 1.807) is 0 Å². The number of hydrogen-bond acceptors (Lipinski definition) is 4. The minimum Gasteiger partial charge on any atom is -0.352 e. The monoisotopic (exact) mass is 372 g/mol. The SMILES string of the molecule is NC[C@@H]1CN(C(=O)CC(NC(N)=O)c2cccs2)C[C@H]1c1ccccc1. The Morgan fingerprint density at radius 2 is 1.96 bits per heavy atom. The van der Waals surface area contributed by atoms with E-state index in [0.717, 1.165) is 4.88 Å². The number of rotatable bonds is 6. The fourth-order valence-corrected chi connectivity index (χ4v) is 4.36. The molecule has 0 aliphatic carbocycles. The number of hydrogen-bond donors (Lipinski definition) is 3. The molecule has 1 fully saturated rings. The molecule has 1 aromatic heterocycles. The average Bonchev–Trinajstić information content (AvgIpc) is 3.31. The summed E-state index contributed by atoms with van der Waals surface area (Å²) in [7, 11) is 0. The fraction of sp³-hybridized carbons (Fsp3) is 0.368. The van der Waals surface area contributed by atoms with Gasteiger partial charge in [0.15, 0.2) is 0 Å². The van der Waals surface area contributed by atoms with Gasteiger partial charge in [0.1, 0.15) is 0 Å². The van der Waals surface area contributed by atoms with Crippen LogP contribution in [-0.2, 0) is 4.79 Å². The molecular weight excluding hydrogens is 348 g/mol. The Morgan fingerprint density at radius 3 is 2.58 bits per heavy atom. The number of amides is 3. The van der Waals surface area contributed by atoms with Crippen molar-refractivity contribution in [2.45, 2.75) is 18.4 Å². The van der Waals surface area contributed by atoms with Crippen LogP contribution in [0.1, 0.15) is 28.8 Å². The van der Waals surface area contributed by atoms with Gasteiger partial charge in [-0.05, 0) is 29.5 Å². The quantitative estimate of drug-likeness (QED) is 0.723. The van der Waals surface area contributed by atoms with Crippen LogP contribution in [0.15, 0.2) is 47.8 Å². The topological polar surface area (TPSA) is 101 Å². The predicted octanol–water partition coefficient (Wildman–Crippen LogP) is 2.05. The first kappa shape index (κ1) is 18.4. The lowest BCUT2D eigenvalue weighted by Gasteiger charge is -2.21. The summed E-state index contributed by atoms with van der Waals surface area (Å²) >= 11 is 1.50. The summed E-state index contributed by atoms with van der Waals surface area (Å²) in [5.74, 6) is 0.495. The largest absolute Gasteiger partial charge is 0.352 e. The van der Waals surface area contributed by atoms with Crippen LogP contribution in [0.2, 0.25) is 0 Å². The van der Waals surface area contributed by atoms with Gasteiger partial charge in [-0.3, -0.25) is 4.79 Å². The standard InChI is InChI=1S/C19H24N4O2S/c20-10-14-11-23(12-15(14)13-5-2-1-3-6-13)18(24)9-16(22-19(21)25)17-7-4-8-26-17/h1-8,14-16H,9-12,20H2,(H3,21,22,25)/t14-,15+,16?/m1/s1. The van der Waals surface area contributed by atoms with Gasteiger partial charge in [-0.25, -0.2) is 4.79 Å². The molecule has 1 aromatic carbocycles. The van der Waals surface area contributed by atoms with Crippen LogP contribution >= 0.6 is 11.3 Å². The minimum absolute atomic E-state index is 0.00836. The summed E-state index contributed by atoms with van der Waals surface area (Å²) in [5, 5.41) is 4.60. The summed E-state index contributed by atoms with van der Waals surface area (Å²) in [6, 6.07) is 13.0. The zero-order valence-corrected chi connectivity index (χ0v) is 15.3. The number of urea groups is 1. The molecule has 1 saturated heterocycles. The molecule has 6 nitrogen and oxygen atoms in total. The molecule has 1 unspecified atom stereocenters. The predicted molar refractivity (Wildman–Crippen MR) is 103 cm³/mol. The van der Waals surface area contributed by atoms with Crippen molar-refractivity contribution >= 4 is 23.3 Å². The second-order valence-corrected chi connectivity index (χ2v) is 7.57. The number of nitrogens with one attached hydrogen (secondary N) is 1. The molecule has 1 aliphatic rings. The Labute approximate surface area is 157 Å². The third-order valence-corrected chi connectivity index (χ3v) is 5.89. The maximum atomic E-state index is 12.9. The van der Waals surface area contributed by atoms with Crippen LogP contribution < -0.4 is 16.8 Å². The molecule has 2 heterocycles. The number of likely N-dealkylation sites (tertiary alicyclic amines) is 1. The van der Waals surface area contributed by atoms with E-state index in [1.165, 1.54) is 16.9 Å². The van der Waals surface area contributed by atoms with Gasteiger partial charge in [0.05, 0.1) is 12.5 Å². The van der Waals surface area contributed by atoms with E-state index in [9.17, 15) is 9.59 Å². The first-order valence-corrected chi connectivity index (χ1v) is 9.58. The molecule has 0 saturated carbocycles. The number of nitrogens with zero attached hydrogens (tertiary/aromatic N) is 1. The molecule has 2 aromatic rings. The van der Waals surface area contributed by atoms with Crippen molar-refractivity contribution in [3.05, 3.63) is 58.3 Å². The van der Waals surface area contributed by atoms with E-state index in [0.29, 0.717) is 19.6 Å². The Kier molecular flexibility index (Phi) is 5.90. The molecule has 1 aliphatic heterocycles. The molecular formula is C19H24N4O2S. The van der Waals surface area contributed by atoms with E-state index in [1.807, 2.05) is 40.6 Å². The summed E-state index contributed by atoms with van der Waals surface area (Å²) in [5.41, 5.74) is 12.5. The number of primary amides is 1. The summed E-state index contributed by atoms with van der Waals surface area (Å²) in [4.78, 5) is 27.0. The number of benzene rings is 1. The van der Waals surface area contributed by atoms with Gasteiger partial charge in [-0.2, -0.15) is 0 Å². The Bertz CT molecular complexity index is 735. The average molecular weight is 372 g/mol. The molecule has 26 heavy (non-hydrogen) atoms. The molecule has 0 bridgehead atoms. The van der Waals surface area contributed by atoms with Crippen LogP contribution in [0, 0.1) is 5.92 Å². The van der Waals surface area contributed by atoms with Gasteiger partial charge in [-0.15, -0.1) is 11.3 Å². The number of thiophene rings is 1. The van der Waals surface area contributed by atoms with Crippen LogP contribution in [0.25, 0.3) is 0 Å². The molecule has 3 amide bonds. The minimum atomic E-state index is -0.625. The summed E-state index contributed by atoms with van der Waals surface area (Å²) in [6.07, 6.45) is 0.197. The lowest BCUT2D eigenvalue weighted by Crippen LogP contribution is -2.37. The first-order valence-electron chi connectivity index (χ1n) is 8.70. The van der Waals surface area contributed by atoms with Crippen molar-refractivity contribution in [2.24, 2.45) is 17.4 Å². The molecule has 3 atom stereocenters. The zero-order chi connectivity index (χ0) is 18.5. The van der Waals surface area contributed by atoms with Gasteiger partial charge in [0, 0.05) is 23.9 Å². The van der Waals surface area contributed by atoms with E-state index in [4.69, 9.17) is 11.5 Å². The Balaban J connectivity index is 1.70. The van der Waals surface area contributed by atoms with Gasteiger partial charge in [0.25, 0.3) is 0 Å². The molecule has 0 radical (unpaired) electrons. The van der Waals surface area contributed by atoms with E-state index in [-0.39, 0.29) is 24.2 Å². The summed E-state index contributed by atoms with van der Waals surface area (Å²) in [6.45, 7) is 1.83. The third kappa shape index (κ3) is 4.23. The van der Waals surface area contributed by atoms with Crippen molar-refractivity contribution in [1.82, 2.24) is 10.2 Å². The van der Waals surface area contributed by atoms with Crippen LogP contribution in [0.5, 0.6) is 0 Å². The lowest BCUT2D eigenvalue weighted by atomic mass is 9.89. The first-order chi connectivity index (χ1) is 12.6. The van der Waals surface area contributed by atoms with Crippen LogP contribution in [0.4, 0.5) is 4.79 Å². The van der Waals surface area contributed by atoms with E-state index in [2.05, 4.69) is 17.4 Å². The van der Waals surface area contributed by atoms with Gasteiger partial charge in [0.2, 0.25) is 5.91 Å². The summed E-state index contributed by atoms with van der Waals surface area (Å²) < 4.78 is 0. The van der Waals surface area contributed by atoms with Crippen molar-refractivity contribution in [2.75, 3.05) is 19.6 Å². The third-order valence-electron chi connectivity index (χ3n) is 4.91. The van der Waals surface area contributed by atoms with Gasteiger partial charge < -0.3 is 21.7 Å². The maximum Gasteiger partial charge on any atom is 0.312 e. The second-order valence-electron chi connectivity index (χ2n) is 6.59. The molecule has 138 valence electrons. The fourth-order valence-electron chi connectivity index (χ4n) is 3.58. The smallest absolute Gasteiger partial charge is 0.312 e. The van der Waals surface area contributed by atoms with Gasteiger partial charge in [-0.1, -0.05) is 36.4 Å². The highest BCUT2D eigenvalue weighted by Gasteiger charge is 2.36. The number of nitrogens with two attached hydrogens (primary N) is 2. The van der Waals surface area contributed by atoms with Crippen molar-refractivity contribution in [3.63, 3.8) is 0 Å². The zero-order valence-electron chi connectivity index (χ0n) is 14.5. The van der Waals surface area contributed by atoms with Crippen LogP contribution in [0.3, 0.4) is 0 Å². The van der Waals surface area contributed by atoms with Crippen molar-refractivity contribution < 1.29 is 9.59 Å². The van der Waals surface area contributed by atoms with Crippen LogP contribution in [-0.4, -0.2) is 36.5 Å². The van der Waals surface area contributed by atoms with Gasteiger partial charge >= 0.3 is 6.03 Å². The van der Waals surface area contributed by atoms with E-state index < -0.39 is 12.1 Å². The normalized spacial score (nSPS) is 20.7. The lowest BCUT2D eigenvalue weighted by molar-refractivity contribution is -0.130. The molecule has 0 spiro atoms. The highest BCUT2D eigenvalue weighted by Crippen LogP contribution is 2.33. The molecule has 5 N–H and O–H groups in total. The Hall–Kier alpha value is -2.38. The van der Waals surface area contributed by atoms with Crippen molar-refractivity contribution in [1.29, 1.82) is 0 Å².